The van der Waals surface area contributed by atoms with Crippen LogP contribution in [0.5, 0.6) is 0 Å². The Morgan fingerprint density at radius 3 is 2.45 bits per heavy atom. The van der Waals surface area contributed by atoms with Gasteiger partial charge in [0.15, 0.2) is 0 Å². The third-order valence-corrected chi connectivity index (χ3v) is 4.79. The van der Waals surface area contributed by atoms with E-state index >= 15 is 0 Å². The minimum absolute atomic E-state index is 0.0345. The van der Waals surface area contributed by atoms with Crippen molar-refractivity contribution in [3.05, 3.63) is 24.4 Å². The van der Waals surface area contributed by atoms with E-state index in [4.69, 9.17) is 9.31 Å². The Hall–Kier alpha value is -1.37. The number of aliphatic hydroxyl groups excluding tert-OH is 1. The number of fused-ring (bicyclic) bond motifs is 1. The monoisotopic (exact) mass is 302 g/mol. The number of benzene rings is 1. The maximum absolute atomic E-state index is 9.25. The molecule has 1 aromatic heterocycles. The van der Waals surface area contributed by atoms with Gasteiger partial charge in [-0.2, -0.15) is 5.10 Å². The molecule has 2 heterocycles. The highest BCUT2D eigenvalue weighted by atomic mass is 16.7. The van der Waals surface area contributed by atoms with Gasteiger partial charge in [0.05, 0.1) is 29.4 Å². The molecule has 1 aliphatic rings. The van der Waals surface area contributed by atoms with Crippen LogP contribution in [0, 0.1) is 0 Å². The molecule has 118 valence electrons. The highest BCUT2D eigenvalue weighted by Gasteiger charge is 2.51. The van der Waals surface area contributed by atoms with Gasteiger partial charge in [0.25, 0.3) is 0 Å². The molecule has 22 heavy (non-hydrogen) atoms. The predicted molar refractivity (Wildman–Crippen MR) is 87.2 cm³/mol. The van der Waals surface area contributed by atoms with Crippen LogP contribution in [0.4, 0.5) is 0 Å². The van der Waals surface area contributed by atoms with Crippen LogP contribution in [-0.2, 0) is 9.31 Å². The third kappa shape index (κ3) is 2.45. The average molecular weight is 302 g/mol. The highest BCUT2D eigenvalue weighted by Crippen LogP contribution is 2.36. The number of nitrogens with zero attached hydrogens (tertiary/aromatic N) is 2. The summed E-state index contributed by atoms with van der Waals surface area (Å²) in [4.78, 5) is 0. The molecule has 0 radical (unpaired) electrons. The number of rotatable bonds is 3. The summed E-state index contributed by atoms with van der Waals surface area (Å²) in [5.74, 6) is 0. The van der Waals surface area contributed by atoms with E-state index < -0.39 is 0 Å². The van der Waals surface area contributed by atoms with Crippen molar-refractivity contribution in [3.8, 4) is 0 Å². The molecular formula is C16H23BN2O3. The van der Waals surface area contributed by atoms with Crippen molar-refractivity contribution in [2.24, 2.45) is 0 Å². The quantitative estimate of drug-likeness (QED) is 0.880. The Bertz CT molecular complexity index is 680. The first-order valence-electron chi connectivity index (χ1n) is 7.69. The molecule has 1 N–H and O–H groups in total. The van der Waals surface area contributed by atoms with E-state index in [0.29, 0.717) is 0 Å². The molecule has 0 bridgehead atoms. The molecule has 0 aliphatic carbocycles. The van der Waals surface area contributed by atoms with Crippen molar-refractivity contribution in [1.82, 2.24) is 9.78 Å². The number of hydrogen-bond donors (Lipinski definition) is 1. The molecule has 3 rings (SSSR count). The summed E-state index contributed by atoms with van der Waals surface area (Å²) in [5.41, 5.74) is 1.20. The van der Waals surface area contributed by atoms with Crippen LogP contribution in [0.3, 0.4) is 0 Å². The van der Waals surface area contributed by atoms with E-state index in [1.54, 1.807) is 4.68 Å². The summed E-state index contributed by atoms with van der Waals surface area (Å²) in [6.45, 7) is 10.2. The maximum atomic E-state index is 9.25. The first kappa shape index (κ1) is 15.5. The molecule has 1 atom stereocenters. The first-order valence-corrected chi connectivity index (χ1v) is 7.69. The van der Waals surface area contributed by atoms with Crippen LogP contribution in [-0.4, -0.2) is 39.8 Å². The largest absolute Gasteiger partial charge is 0.494 e. The van der Waals surface area contributed by atoms with Gasteiger partial charge in [0.1, 0.15) is 0 Å². The van der Waals surface area contributed by atoms with Crippen molar-refractivity contribution in [2.75, 3.05) is 6.61 Å². The molecule has 1 fully saturated rings. The van der Waals surface area contributed by atoms with E-state index in [1.165, 1.54) is 0 Å². The van der Waals surface area contributed by atoms with Crippen molar-refractivity contribution in [3.63, 3.8) is 0 Å². The molecule has 1 aromatic carbocycles. The first-order chi connectivity index (χ1) is 10.2. The van der Waals surface area contributed by atoms with Crippen LogP contribution >= 0.6 is 0 Å². The smallest absolute Gasteiger partial charge is 0.399 e. The Balaban J connectivity index is 1.93. The summed E-state index contributed by atoms with van der Waals surface area (Å²) < 4.78 is 14.0. The lowest BCUT2D eigenvalue weighted by molar-refractivity contribution is 0.00578. The van der Waals surface area contributed by atoms with Gasteiger partial charge >= 0.3 is 7.12 Å². The minimum atomic E-state index is -0.368. The van der Waals surface area contributed by atoms with E-state index in [0.717, 1.165) is 16.4 Å². The second kappa shape index (κ2) is 5.08. The summed E-state index contributed by atoms with van der Waals surface area (Å²) in [6.07, 6.45) is 1.95. The average Bonchev–Trinajstić information content (AvgIpc) is 2.96. The topological polar surface area (TPSA) is 56.5 Å². The second-order valence-corrected chi connectivity index (χ2v) is 7.05. The number of aliphatic hydroxyl groups is 1. The SMILES string of the molecule is CC(CO)n1cc2cc(B3OC(C)(C)C(C)(C)O3)ccc2n1. The number of hydrogen-bond acceptors (Lipinski definition) is 4. The van der Waals surface area contributed by atoms with Crippen LogP contribution in [0.15, 0.2) is 24.4 Å². The van der Waals surface area contributed by atoms with Crippen molar-refractivity contribution < 1.29 is 14.4 Å². The lowest BCUT2D eigenvalue weighted by Crippen LogP contribution is -2.41. The van der Waals surface area contributed by atoms with Crippen molar-refractivity contribution >= 4 is 23.5 Å². The van der Waals surface area contributed by atoms with Gasteiger partial charge in [-0.05, 0) is 46.1 Å². The van der Waals surface area contributed by atoms with Gasteiger partial charge in [-0.15, -0.1) is 0 Å². The minimum Gasteiger partial charge on any atom is -0.399 e. The zero-order valence-corrected chi connectivity index (χ0v) is 13.8. The Labute approximate surface area is 131 Å². The fraction of sp³-hybridized carbons (Fsp3) is 0.562. The molecule has 1 unspecified atom stereocenters. The van der Waals surface area contributed by atoms with Crippen LogP contribution < -0.4 is 5.46 Å². The van der Waals surface area contributed by atoms with Gasteiger partial charge in [0.2, 0.25) is 0 Å². The van der Waals surface area contributed by atoms with Crippen LogP contribution in [0.2, 0.25) is 0 Å². The van der Waals surface area contributed by atoms with Crippen molar-refractivity contribution in [1.29, 1.82) is 0 Å². The molecule has 1 aliphatic heterocycles. The fourth-order valence-electron chi connectivity index (χ4n) is 2.50. The molecule has 1 saturated heterocycles. The molecular weight excluding hydrogens is 279 g/mol. The predicted octanol–water partition coefficient (Wildman–Crippen LogP) is 1.89. The van der Waals surface area contributed by atoms with Crippen molar-refractivity contribution in [2.45, 2.75) is 51.9 Å². The van der Waals surface area contributed by atoms with E-state index in [2.05, 4.69) is 5.10 Å². The lowest BCUT2D eigenvalue weighted by Gasteiger charge is -2.32. The third-order valence-electron chi connectivity index (χ3n) is 4.79. The van der Waals surface area contributed by atoms with E-state index in [1.807, 2.05) is 59.0 Å². The molecule has 0 amide bonds. The molecule has 2 aromatic rings. The Kier molecular flexibility index (Phi) is 3.59. The molecule has 0 spiro atoms. The molecule has 5 nitrogen and oxygen atoms in total. The van der Waals surface area contributed by atoms with Gasteiger partial charge < -0.3 is 14.4 Å². The van der Waals surface area contributed by atoms with Gasteiger partial charge in [-0.1, -0.05) is 12.1 Å². The zero-order valence-electron chi connectivity index (χ0n) is 13.8. The van der Waals surface area contributed by atoms with Crippen LogP contribution in [0.25, 0.3) is 10.9 Å². The van der Waals surface area contributed by atoms with E-state index in [-0.39, 0.29) is 31.0 Å². The molecule has 0 saturated carbocycles. The Morgan fingerprint density at radius 1 is 1.23 bits per heavy atom. The Morgan fingerprint density at radius 2 is 1.86 bits per heavy atom. The highest BCUT2D eigenvalue weighted by molar-refractivity contribution is 6.62. The van der Waals surface area contributed by atoms with Gasteiger partial charge in [-0.25, -0.2) is 0 Å². The lowest BCUT2D eigenvalue weighted by atomic mass is 9.79. The second-order valence-electron chi connectivity index (χ2n) is 7.05. The summed E-state index contributed by atoms with van der Waals surface area (Å²) in [5, 5.41) is 14.8. The summed E-state index contributed by atoms with van der Waals surface area (Å²) >= 11 is 0. The van der Waals surface area contributed by atoms with Gasteiger partial charge in [-0.3, -0.25) is 4.68 Å². The summed E-state index contributed by atoms with van der Waals surface area (Å²) in [6, 6.07) is 5.97. The fourth-order valence-corrected chi connectivity index (χ4v) is 2.50. The van der Waals surface area contributed by atoms with Gasteiger partial charge in [0, 0.05) is 11.6 Å². The maximum Gasteiger partial charge on any atom is 0.494 e. The van der Waals surface area contributed by atoms with Crippen LogP contribution in [0.1, 0.15) is 40.7 Å². The number of aromatic nitrogens is 2. The van der Waals surface area contributed by atoms with E-state index in [9.17, 15) is 5.11 Å². The normalized spacial score (nSPS) is 21.5. The zero-order chi connectivity index (χ0) is 16.1. The molecule has 6 heteroatoms. The summed E-state index contributed by atoms with van der Waals surface area (Å²) in [7, 11) is -0.368. The standard InChI is InChI=1S/C16H23BN2O3/c1-11(10-20)19-9-12-8-13(6-7-14(12)18-19)17-21-15(2,3)16(4,5)22-17/h6-9,11,20H,10H2,1-5H3.